The van der Waals surface area contributed by atoms with Crippen molar-refractivity contribution in [1.82, 2.24) is 15.3 Å². The van der Waals surface area contributed by atoms with Crippen LogP contribution in [0.4, 0.5) is 4.79 Å². The summed E-state index contributed by atoms with van der Waals surface area (Å²) in [7, 11) is -4.26. The molecule has 14 nitrogen and oxygen atoms in total. The summed E-state index contributed by atoms with van der Waals surface area (Å²) in [6.45, 7) is 8.30. The normalized spacial score (nSPS) is 29.3. The van der Waals surface area contributed by atoms with Crippen molar-refractivity contribution in [3.05, 3.63) is 12.3 Å². The number of esters is 1. The number of nitrogens with zero attached hydrogens (tertiary/aromatic N) is 1. The molecule has 7 atom stereocenters. The van der Waals surface area contributed by atoms with Crippen LogP contribution < -0.4 is 16.1 Å². The van der Waals surface area contributed by atoms with E-state index in [4.69, 9.17) is 35.9 Å². The minimum Gasteiger partial charge on any atom is -0.462 e. The quantitative estimate of drug-likeness (QED) is 0.0795. The highest BCUT2D eigenvalue weighted by molar-refractivity contribution is 8.13. The Bertz CT molecular complexity index is 1000. The van der Waals surface area contributed by atoms with Gasteiger partial charge in [-0.1, -0.05) is 11.8 Å². The third kappa shape index (κ3) is 9.12. The number of hydrogen-bond donors (Lipinski definition) is 5. The van der Waals surface area contributed by atoms with E-state index < -0.39 is 73.4 Å². The van der Waals surface area contributed by atoms with E-state index in [0.717, 1.165) is 16.7 Å². The van der Waals surface area contributed by atoms with Crippen LogP contribution >= 0.6 is 31.1 Å². The van der Waals surface area contributed by atoms with Gasteiger partial charge >= 0.3 is 19.7 Å². The van der Waals surface area contributed by atoms with Crippen molar-refractivity contribution in [2.45, 2.75) is 83.2 Å². The minimum absolute atomic E-state index is 0.0744. The number of ether oxygens (including phenoxy) is 2. The van der Waals surface area contributed by atoms with E-state index in [0.29, 0.717) is 0 Å². The molecule has 0 aliphatic carbocycles. The maximum atomic E-state index is 13.6. The number of nitrogens with one attached hydrogen (secondary N) is 2. The molecule has 0 aromatic rings. The van der Waals surface area contributed by atoms with Crippen molar-refractivity contribution >= 4 is 48.2 Å². The molecule has 17 heteroatoms. The molecule has 2 aliphatic heterocycles. The summed E-state index contributed by atoms with van der Waals surface area (Å²) in [5, 5.41) is 24.9. The number of hydrogen-bond acceptors (Lipinski definition) is 12. The maximum absolute atomic E-state index is 13.6. The number of nitrogens with two attached hydrogens (primary N) is 1. The molecule has 0 aromatic carbocycles. The van der Waals surface area contributed by atoms with Crippen LogP contribution in [0.2, 0.25) is 0 Å². The van der Waals surface area contributed by atoms with E-state index >= 15 is 0 Å². The Kier molecular flexibility index (Phi) is 12.5. The van der Waals surface area contributed by atoms with Gasteiger partial charge in [0.05, 0.1) is 37.5 Å². The van der Waals surface area contributed by atoms with E-state index in [-0.39, 0.29) is 24.1 Å². The molecule has 2 amide bonds. The largest absolute Gasteiger partial charge is 0.462 e. The minimum atomic E-state index is -4.26. The summed E-state index contributed by atoms with van der Waals surface area (Å²) in [5.41, 5.74) is 4.71. The highest BCUT2D eigenvalue weighted by Crippen LogP contribution is 2.47. The number of thioether (sulfide) groups is 1. The molecule has 1 unspecified atom stereocenters. The number of alkyl halides is 1. The fourth-order valence-electron chi connectivity index (χ4n) is 3.51. The molecule has 40 heavy (non-hydrogen) atoms. The topological polar surface area (TPSA) is 199 Å². The third-order valence-corrected chi connectivity index (χ3v) is 9.25. The van der Waals surface area contributed by atoms with Crippen molar-refractivity contribution in [3.63, 3.8) is 0 Å². The second kappa shape index (κ2) is 14.3. The molecule has 0 spiro atoms. The smallest absolute Gasteiger partial charge is 0.406 e. The summed E-state index contributed by atoms with van der Waals surface area (Å²) in [6.07, 6.45) is -1.89. The predicted molar refractivity (Wildman–Crippen MR) is 148 cm³/mol. The first-order valence-corrected chi connectivity index (χ1v) is 15.5. The molecule has 2 aliphatic rings. The summed E-state index contributed by atoms with van der Waals surface area (Å²) >= 11 is 7.45. The van der Waals surface area contributed by atoms with E-state index in [9.17, 15) is 29.2 Å². The Morgan fingerprint density at radius 2 is 2.02 bits per heavy atom. The molecule has 2 rings (SSSR count). The molecule has 1 fully saturated rings. The summed E-state index contributed by atoms with van der Waals surface area (Å²) in [4.78, 5) is 36.7. The zero-order valence-corrected chi connectivity index (χ0v) is 25.8. The number of halogens is 1. The predicted octanol–water partition coefficient (Wildman–Crippen LogP) is 1.24. The molecule has 0 saturated carbocycles. The second-order valence-electron chi connectivity index (χ2n) is 10.5. The number of amides is 2. The van der Waals surface area contributed by atoms with E-state index in [1.165, 1.54) is 26.1 Å². The highest BCUT2D eigenvalue weighted by atomic mass is 35.5. The third-order valence-electron chi connectivity index (χ3n) is 5.94. The van der Waals surface area contributed by atoms with Crippen molar-refractivity contribution in [2.24, 2.45) is 11.1 Å². The van der Waals surface area contributed by atoms with Crippen molar-refractivity contribution in [1.29, 1.82) is 0 Å². The van der Waals surface area contributed by atoms with Gasteiger partial charge in [-0.15, -0.1) is 11.6 Å². The van der Waals surface area contributed by atoms with Gasteiger partial charge in [0.1, 0.15) is 23.1 Å². The number of rotatable bonds is 14. The van der Waals surface area contributed by atoms with Crippen LogP contribution in [0.3, 0.4) is 0 Å². The molecular weight excluding hydrogens is 591 g/mol. The van der Waals surface area contributed by atoms with Crippen LogP contribution in [0.1, 0.15) is 41.5 Å². The van der Waals surface area contributed by atoms with Gasteiger partial charge in [-0.25, -0.2) is 14.4 Å². The average Bonchev–Trinajstić information content (AvgIpc) is 3.08. The van der Waals surface area contributed by atoms with E-state index in [1.54, 1.807) is 27.7 Å². The van der Waals surface area contributed by atoms with Crippen LogP contribution in [0, 0.1) is 5.41 Å². The first-order valence-electron chi connectivity index (χ1n) is 12.6. The van der Waals surface area contributed by atoms with Crippen LogP contribution in [0.25, 0.3) is 0 Å². The zero-order valence-electron chi connectivity index (χ0n) is 23.4. The molecule has 0 bridgehead atoms. The number of carbonyl (C=O) groups excluding carboxylic acids is 3. The van der Waals surface area contributed by atoms with Crippen LogP contribution in [-0.4, -0.2) is 99.4 Å². The van der Waals surface area contributed by atoms with Crippen molar-refractivity contribution < 1.29 is 47.7 Å². The Hall–Kier alpha value is -1.26. The van der Waals surface area contributed by atoms with Gasteiger partial charge in [0.2, 0.25) is 0 Å². The second-order valence-corrected chi connectivity index (χ2v) is 14.1. The maximum Gasteiger partial charge on any atom is 0.406 e. The lowest BCUT2D eigenvalue weighted by atomic mass is 9.97. The standard InChI is InChI=1S/C23H40ClN4O10PS/c1-13(2)37-18(31)14(3)27-39(34,35-9-10-40-20(32)22(4,5)12-29)36-11-15-17(30)23(6,24)19(38-15)28-8-7-16(25)26-21(28)33/h7-8,13-17,19,29-30H,9-12,25H2,1-6H3,(H,26,33)(H,27,34)/t14-,15-,16?,17-,19-,23-,39+/m1/s1. The Morgan fingerprint density at radius 3 is 2.60 bits per heavy atom. The molecule has 2 heterocycles. The molecule has 1 saturated heterocycles. The average molecular weight is 631 g/mol. The molecule has 230 valence electrons. The fourth-order valence-corrected chi connectivity index (χ4v) is 6.22. The van der Waals surface area contributed by atoms with E-state index in [2.05, 4.69) is 10.4 Å². The summed E-state index contributed by atoms with van der Waals surface area (Å²) in [5.74, 6) is -0.631. The van der Waals surface area contributed by atoms with Crippen LogP contribution in [0.5, 0.6) is 0 Å². The fraction of sp³-hybridized carbons (Fsp3) is 0.783. The van der Waals surface area contributed by atoms with Gasteiger partial charge in [0.25, 0.3) is 0 Å². The lowest BCUT2D eigenvalue weighted by Gasteiger charge is -2.35. The number of carbonyl (C=O) groups is 3. The zero-order chi connectivity index (χ0) is 30.5. The van der Waals surface area contributed by atoms with E-state index in [1.807, 2.05) is 0 Å². The molecule has 6 N–H and O–H groups in total. The highest BCUT2D eigenvalue weighted by Gasteiger charge is 2.56. The van der Waals surface area contributed by atoms with Gasteiger partial charge in [-0.3, -0.25) is 23.5 Å². The Morgan fingerprint density at radius 1 is 1.38 bits per heavy atom. The van der Waals surface area contributed by atoms with Crippen LogP contribution in [0.15, 0.2) is 12.3 Å². The summed E-state index contributed by atoms with van der Waals surface area (Å²) in [6, 6.07) is -1.70. The van der Waals surface area contributed by atoms with Gasteiger partial charge in [0, 0.05) is 12.0 Å². The van der Waals surface area contributed by atoms with Gasteiger partial charge in [0.15, 0.2) is 11.3 Å². The first kappa shape index (κ1) is 34.9. The monoisotopic (exact) mass is 630 g/mol. The number of aliphatic hydroxyl groups excluding tert-OH is 2. The first-order chi connectivity index (χ1) is 18.4. The van der Waals surface area contributed by atoms with Crippen LogP contribution in [-0.2, 0) is 32.7 Å². The Balaban J connectivity index is 2.12. The Labute approximate surface area is 243 Å². The van der Waals surface area contributed by atoms with Crippen molar-refractivity contribution in [2.75, 3.05) is 25.6 Å². The SMILES string of the molecule is CC(C)OC(=O)[C@@H](C)N[P@](=O)(OCCSC(=O)C(C)(C)CO)OC[C@H]1O[C@@H](N2C=CC(N)NC2=O)[C@](C)(Cl)[C@@H]1O. The van der Waals surface area contributed by atoms with Gasteiger partial charge < -0.3 is 30.7 Å². The van der Waals surface area contributed by atoms with Gasteiger partial charge in [-0.2, -0.15) is 0 Å². The van der Waals surface area contributed by atoms with Gasteiger partial charge in [-0.05, 0) is 47.6 Å². The lowest BCUT2D eigenvalue weighted by molar-refractivity contribution is -0.149. The number of urea groups is 1. The van der Waals surface area contributed by atoms with Crippen molar-refractivity contribution in [3.8, 4) is 0 Å². The lowest BCUT2D eigenvalue weighted by Crippen LogP contribution is -2.57. The molecular formula is C23H40ClN4O10PS. The number of aliphatic hydroxyl groups is 2. The molecule has 0 radical (unpaired) electrons. The summed E-state index contributed by atoms with van der Waals surface area (Å²) < 4.78 is 35.7. The molecule has 0 aromatic heterocycles.